The van der Waals surface area contributed by atoms with Gasteiger partial charge in [0.2, 0.25) is 0 Å². The van der Waals surface area contributed by atoms with Crippen LogP contribution < -0.4 is 5.73 Å². The van der Waals surface area contributed by atoms with Gasteiger partial charge in [0.1, 0.15) is 21.7 Å². The number of halogens is 1. The average Bonchev–Trinajstić information content (AvgIpc) is 1.96. The van der Waals surface area contributed by atoms with Crippen LogP contribution in [0, 0.1) is 6.92 Å². The van der Waals surface area contributed by atoms with Crippen molar-refractivity contribution in [2.24, 2.45) is 0 Å². The third-order valence-corrected chi connectivity index (χ3v) is 2.32. The zero-order valence-electron chi connectivity index (χ0n) is 6.26. The molecule has 60 valence electrons. The first-order valence-electron chi connectivity index (χ1n) is 2.98. The summed E-state index contributed by atoms with van der Waals surface area (Å²) >= 11 is 7.26. The van der Waals surface area contributed by atoms with Crippen molar-refractivity contribution in [3.8, 4) is 0 Å². The van der Waals surface area contributed by atoms with Crippen LogP contribution in [0.25, 0.3) is 0 Å². The van der Waals surface area contributed by atoms with E-state index in [0.717, 1.165) is 5.03 Å². The minimum Gasteiger partial charge on any atom is -0.382 e. The molecule has 0 atom stereocenters. The quantitative estimate of drug-likeness (QED) is 0.540. The van der Waals surface area contributed by atoms with E-state index in [0.29, 0.717) is 16.7 Å². The smallest absolute Gasteiger partial charge is 0.147 e. The summed E-state index contributed by atoms with van der Waals surface area (Å²) in [6, 6.07) is 0. The average molecular weight is 190 g/mol. The summed E-state index contributed by atoms with van der Waals surface area (Å²) in [6.07, 6.45) is 1.90. The van der Waals surface area contributed by atoms with Crippen LogP contribution in [-0.2, 0) is 0 Å². The van der Waals surface area contributed by atoms with Gasteiger partial charge >= 0.3 is 0 Å². The molecular formula is C6H8ClN3S. The Morgan fingerprint density at radius 1 is 1.45 bits per heavy atom. The molecule has 1 rings (SSSR count). The summed E-state index contributed by atoms with van der Waals surface area (Å²) in [7, 11) is 0. The fourth-order valence-corrected chi connectivity index (χ4v) is 1.51. The summed E-state index contributed by atoms with van der Waals surface area (Å²) in [6.45, 7) is 1.78. The zero-order valence-corrected chi connectivity index (χ0v) is 7.83. The highest BCUT2D eigenvalue weighted by Gasteiger charge is 2.06. The number of hydrogen-bond acceptors (Lipinski definition) is 4. The number of hydrogen-bond donors (Lipinski definition) is 1. The van der Waals surface area contributed by atoms with E-state index in [9.17, 15) is 0 Å². The van der Waals surface area contributed by atoms with Crippen molar-refractivity contribution in [1.82, 2.24) is 9.97 Å². The third-order valence-electron chi connectivity index (χ3n) is 1.15. The van der Waals surface area contributed by atoms with Gasteiger partial charge in [0, 0.05) is 0 Å². The molecule has 0 saturated carbocycles. The fourth-order valence-electron chi connectivity index (χ4n) is 0.689. The Balaban J connectivity index is 3.24. The van der Waals surface area contributed by atoms with Crippen LogP contribution >= 0.6 is 23.4 Å². The molecule has 0 aliphatic carbocycles. The molecular weight excluding hydrogens is 182 g/mol. The summed E-state index contributed by atoms with van der Waals surface area (Å²) in [5, 5.41) is 1.18. The maximum absolute atomic E-state index is 5.79. The van der Waals surface area contributed by atoms with Gasteiger partial charge < -0.3 is 5.73 Å². The molecule has 0 amide bonds. The predicted molar refractivity (Wildman–Crippen MR) is 48.0 cm³/mol. The highest BCUT2D eigenvalue weighted by atomic mass is 35.5. The minimum atomic E-state index is 0.350. The number of aromatic nitrogens is 2. The summed E-state index contributed by atoms with van der Waals surface area (Å²) in [4.78, 5) is 8.00. The number of aryl methyl sites for hydroxylation is 1. The van der Waals surface area contributed by atoms with E-state index >= 15 is 0 Å². The molecule has 5 heteroatoms. The lowest BCUT2D eigenvalue weighted by atomic mass is 10.5. The van der Waals surface area contributed by atoms with Crippen molar-refractivity contribution >= 4 is 29.2 Å². The van der Waals surface area contributed by atoms with Crippen molar-refractivity contribution in [3.63, 3.8) is 0 Å². The first-order chi connectivity index (χ1) is 5.15. The van der Waals surface area contributed by atoms with Gasteiger partial charge in [0.15, 0.2) is 0 Å². The minimum absolute atomic E-state index is 0.350. The van der Waals surface area contributed by atoms with Gasteiger partial charge in [-0.2, -0.15) is 0 Å². The van der Waals surface area contributed by atoms with Crippen LogP contribution in [0.3, 0.4) is 0 Å². The Hall–Kier alpha value is -0.480. The van der Waals surface area contributed by atoms with Crippen LogP contribution in [0.2, 0.25) is 5.02 Å². The second-order valence-corrected chi connectivity index (χ2v) is 3.15. The normalized spacial score (nSPS) is 10.1. The molecule has 0 aliphatic heterocycles. The van der Waals surface area contributed by atoms with Crippen molar-refractivity contribution in [2.75, 3.05) is 12.0 Å². The molecule has 0 spiro atoms. The van der Waals surface area contributed by atoms with Crippen LogP contribution in [0.5, 0.6) is 0 Å². The van der Waals surface area contributed by atoms with E-state index in [-0.39, 0.29) is 0 Å². The van der Waals surface area contributed by atoms with Gasteiger partial charge in [0.25, 0.3) is 0 Å². The Morgan fingerprint density at radius 2 is 2.09 bits per heavy atom. The van der Waals surface area contributed by atoms with Crippen LogP contribution in [0.15, 0.2) is 5.03 Å². The maximum atomic E-state index is 5.79. The van der Waals surface area contributed by atoms with Gasteiger partial charge in [0.05, 0.1) is 0 Å². The number of anilines is 1. The van der Waals surface area contributed by atoms with Crippen molar-refractivity contribution in [2.45, 2.75) is 11.9 Å². The van der Waals surface area contributed by atoms with E-state index in [4.69, 9.17) is 17.3 Å². The third kappa shape index (κ3) is 1.75. The molecule has 1 aromatic heterocycles. The lowest BCUT2D eigenvalue weighted by molar-refractivity contribution is 0.977. The monoisotopic (exact) mass is 189 g/mol. The van der Waals surface area contributed by atoms with E-state index in [1.807, 2.05) is 6.26 Å². The molecule has 0 saturated heterocycles. The van der Waals surface area contributed by atoms with E-state index < -0.39 is 0 Å². The maximum Gasteiger partial charge on any atom is 0.147 e. The van der Waals surface area contributed by atoms with Gasteiger partial charge in [-0.05, 0) is 13.2 Å². The zero-order chi connectivity index (χ0) is 8.43. The van der Waals surface area contributed by atoms with Crippen LogP contribution in [0.1, 0.15) is 5.82 Å². The Bertz CT molecular complexity index is 277. The van der Waals surface area contributed by atoms with Crippen molar-refractivity contribution in [1.29, 1.82) is 0 Å². The van der Waals surface area contributed by atoms with E-state index in [1.54, 1.807) is 6.92 Å². The second kappa shape index (κ2) is 3.28. The molecule has 0 unspecified atom stereocenters. The molecule has 11 heavy (non-hydrogen) atoms. The highest BCUT2D eigenvalue weighted by Crippen LogP contribution is 2.26. The Kier molecular flexibility index (Phi) is 2.57. The summed E-state index contributed by atoms with van der Waals surface area (Å²) in [5.74, 6) is 1.000. The van der Waals surface area contributed by atoms with Crippen LogP contribution in [-0.4, -0.2) is 16.2 Å². The Labute approximate surface area is 74.4 Å². The lowest BCUT2D eigenvalue weighted by Crippen LogP contribution is -1.98. The van der Waals surface area contributed by atoms with E-state index in [2.05, 4.69) is 9.97 Å². The van der Waals surface area contributed by atoms with Crippen molar-refractivity contribution in [3.05, 3.63) is 10.8 Å². The molecule has 0 bridgehead atoms. The lowest BCUT2D eigenvalue weighted by Gasteiger charge is -2.02. The molecule has 1 heterocycles. The molecule has 3 nitrogen and oxygen atoms in total. The summed E-state index contributed by atoms with van der Waals surface area (Å²) < 4.78 is 0. The van der Waals surface area contributed by atoms with Gasteiger partial charge in [-0.3, -0.25) is 0 Å². The van der Waals surface area contributed by atoms with Gasteiger partial charge in [-0.25, -0.2) is 9.97 Å². The van der Waals surface area contributed by atoms with Crippen molar-refractivity contribution < 1.29 is 0 Å². The number of nitrogens with zero attached hydrogens (tertiary/aromatic N) is 2. The summed E-state index contributed by atoms with van der Waals surface area (Å²) in [5.41, 5.74) is 5.50. The topological polar surface area (TPSA) is 51.8 Å². The molecule has 0 fully saturated rings. The molecule has 1 aromatic rings. The molecule has 0 radical (unpaired) electrons. The first-order valence-corrected chi connectivity index (χ1v) is 4.59. The number of rotatable bonds is 1. The number of nitrogen functional groups attached to an aromatic ring is 1. The Morgan fingerprint density at radius 3 is 2.64 bits per heavy atom. The number of nitrogens with two attached hydrogens (primary N) is 1. The largest absolute Gasteiger partial charge is 0.382 e. The predicted octanol–water partition coefficient (Wildman–Crippen LogP) is 1.74. The molecule has 2 N–H and O–H groups in total. The second-order valence-electron chi connectivity index (χ2n) is 1.98. The standard InChI is InChI=1S/C6H8ClN3S/c1-3-9-5(8)4(7)6(10-3)11-2/h1-2H3,(H2,8,9,10). The fraction of sp³-hybridized carbons (Fsp3) is 0.333. The van der Waals surface area contributed by atoms with Gasteiger partial charge in [-0.15, -0.1) is 11.8 Å². The molecule has 0 aliphatic rings. The SMILES string of the molecule is CSc1nc(C)nc(N)c1Cl. The van der Waals surface area contributed by atoms with Gasteiger partial charge in [-0.1, -0.05) is 11.6 Å². The van der Waals surface area contributed by atoms with E-state index in [1.165, 1.54) is 11.8 Å². The highest BCUT2D eigenvalue weighted by molar-refractivity contribution is 7.98. The first kappa shape index (κ1) is 8.62. The number of thioether (sulfide) groups is 1. The van der Waals surface area contributed by atoms with Crippen LogP contribution in [0.4, 0.5) is 5.82 Å². The molecule has 0 aromatic carbocycles.